The number of nitrogens with one attached hydrogen (secondary N) is 1. The van der Waals surface area contributed by atoms with Crippen LogP contribution in [0.25, 0.3) is 0 Å². The standard InChI is InChI=1S/C9H17NO/c11-8-10-7-9-5-3-1-2-4-6-9/h8-9H,1-7H2,(H,10,11). The van der Waals surface area contributed by atoms with Gasteiger partial charge in [-0.05, 0) is 18.8 Å². The Bertz CT molecular complexity index is 106. The van der Waals surface area contributed by atoms with Crippen LogP contribution in [-0.4, -0.2) is 13.0 Å². The lowest BCUT2D eigenvalue weighted by molar-refractivity contribution is -0.109. The summed E-state index contributed by atoms with van der Waals surface area (Å²) in [5.41, 5.74) is 0. The van der Waals surface area contributed by atoms with Crippen LogP contribution in [0.4, 0.5) is 0 Å². The van der Waals surface area contributed by atoms with Gasteiger partial charge in [0.15, 0.2) is 0 Å². The summed E-state index contributed by atoms with van der Waals surface area (Å²) < 4.78 is 0. The molecule has 0 radical (unpaired) electrons. The van der Waals surface area contributed by atoms with Crippen molar-refractivity contribution in [2.24, 2.45) is 5.92 Å². The van der Waals surface area contributed by atoms with E-state index >= 15 is 0 Å². The van der Waals surface area contributed by atoms with Gasteiger partial charge in [0.2, 0.25) is 6.41 Å². The summed E-state index contributed by atoms with van der Waals surface area (Å²) in [6, 6.07) is 0. The van der Waals surface area contributed by atoms with Crippen molar-refractivity contribution in [2.45, 2.75) is 38.5 Å². The predicted octanol–water partition coefficient (Wildman–Crippen LogP) is 1.70. The third-order valence-corrected chi connectivity index (χ3v) is 2.46. The van der Waals surface area contributed by atoms with Gasteiger partial charge in [0.1, 0.15) is 0 Å². The summed E-state index contributed by atoms with van der Waals surface area (Å²) in [4.78, 5) is 10.0. The van der Waals surface area contributed by atoms with Gasteiger partial charge >= 0.3 is 0 Å². The first-order valence-electron chi connectivity index (χ1n) is 4.60. The van der Waals surface area contributed by atoms with Crippen LogP contribution < -0.4 is 5.32 Å². The number of hydrogen-bond acceptors (Lipinski definition) is 1. The van der Waals surface area contributed by atoms with Crippen LogP contribution in [0, 0.1) is 5.92 Å². The first-order valence-corrected chi connectivity index (χ1v) is 4.60. The largest absolute Gasteiger partial charge is 0.358 e. The van der Waals surface area contributed by atoms with E-state index in [-0.39, 0.29) is 0 Å². The van der Waals surface area contributed by atoms with Crippen LogP contribution in [-0.2, 0) is 4.79 Å². The molecule has 2 heteroatoms. The second-order valence-corrected chi connectivity index (χ2v) is 3.38. The van der Waals surface area contributed by atoms with E-state index in [0.29, 0.717) is 0 Å². The minimum atomic E-state index is 0.752. The average molecular weight is 155 g/mol. The highest BCUT2D eigenvalue weighted by molar-refractivity contribution is 5.45. The molecule has 0 aromatic carbocycles. The van der Waals surface area contributed by atoms with Gasteiger partial charge in [0.05, 0.1) is 0 Å². The van der Waals surface area contributed by atoms with E-state index < -0.39 is 0 Å². The minimum Gasteiger partial charge on any atom is -0.358 e. The Morgan fingerprint density at radius 1 is 1.18 bits per heavy atom. The number of rotatable bonds is 3. The molecule has 0 atom stereocenters. The molecule has 1 amide bonds. The molecule has 11 heavy (non-hydrogen) atoms. The van der Waals surface area contributed by atoms with Gasteiger partial charge in [0.25, 0.3) is 0 Å². The zero-order valence-electron chi connectivity index (χ0n) is 7.01. The highest BCUT2D eigenvalue weighted by Crippen LogP contribution is 2.21. The van der Waals surface area contributed by atoms with Crippen molar-refractivity contribution in [3.63, 3.8) is 0 Å². The maximum Gasteiger partial charge on any atom is 0.207 e. The van der Waals surface area contributed by atoms with E-state index in [1.807, 2.05) is 0 Å². The molecule has 64 valence electrons. The Labute approximate surface area is 68.4 Å². The van der Waals surface area contributed by atoms with E-state index in [9.17, 15) is 4.79 Å². The number of carbonyl (C=O) groups is 1. The molecule has 1 rings (SSSR count). The second-order valence-electron chi connectivity index (χ2n) is 3.38. The lowest BCUT2D eigenvalue weighted by atomic mass is 10.0. The average Bonchev–Trinajstić information content (AvgIpc) is 2.28. The molecule has 0 unspecified atom stereocenters. The van der Waals surface area contributed by atoms with Crippen molar-refractivity contribution >= 4 is 6.41 Å². The van der Waals surface area contributed by atoms with Crippen molar-refractivity contribution in [3.8, 4) is 0 Å². The van der Waals surface area contributed by atoms with Crippen molar-refractivity contribution < 1.29 is 4.79 Å². The fourth-order valence-electron chi connectivity index (χ4n) is 1.78. The molecule has 0 spiro atoms. The molecule has 1 aliphatic carbocycles. The van der Waals surface area contributed by atoms with Crippen molar-refractivity contribution in [1.82, 2.24) is 5.32 Å². The zero-order valence-corrected chi connectivity index (χ0v) is 7.01. The van der Waals surface area contributed by atoms with Gasteiger partial charge < -0.3 is 5.32 Å². The lowest BCUT2D eigenvalue weighted by Crippen LogP contribution is -2.20. The maximum absolute atomic E-state index is 10.0. The lowest BCUT2D eigenvalue weighted by Gasteiger charge is -2.11. The van der Waals surface area contributed by atoms with Gasteiger partial charge in [-0.2, -0.15) is 0 Å². The molecule has 0 aromatic rings. The quantitative estimate of drug-likeness (QED) is 0.488. The van der Waals surface area contributed by atoms with E-state index in [1.165, 1.54) is 38.5 Å². The number of carbonyl (C=O) groups excluding carboxylic acids is 1. The smallest absolute Gasteiger partial charge is 0.207 e. The van der Waals surface area contributed by atoms with Gasteiger partial charge in [-0.1, -0.05) is 25.7 Å². The highest BCUT2D eigenvalue weighted by atomic mass is 16.1. The predicted molar refractivity (Wildman–Crippen MR) is 45.3 cm³/mol. The van der Waals surface area contributed by atoms with Crippen LogP contribution in [0.5, 0.6) is 0 Å². The van der Waals surface area contributed by atoms with E-state index in [2.05, 4.69) is 5.32 Å². The van der Waals surface area contributed by atoms with Gasteiger partial charge in [-0.15, -0.1) is 0 Å². The van der Waals surface area contributed by atoms with Gasteiger partial charge in [-0.25, -0.2) is 0 Å². The molecule has 0 bridgehead atoms. The second kappa shape index (κ2) is 5.16. The Morgan fingerprint density at radius 2 is 1.82 bits per heavy atom. The first-order chi connectivity index (χ1) is 5.43. The number of amides is 1. The summed E-state index contributed by atoms with van der Waals surface area (Å²) in [5, 5.41) is 2.77. The Kier molecular flexibility index (Phi) is 4.02. The topological polar surface area (TPSA) is 29.1 Å². The molecule has 0 aliphatic heterocycles. The summed E-state index contributed by atoms with van der Waals surface area (Å²) in [6.07, 6.45) is 8.90. The van der Waals surface area contributed by atoms with Crippen LogP contribution in [0.1, 0.15) is 38.5 Å². The maximum atomic E-state index is 10.0. The summed E-state index contributed by atoms with van der Waals surface area (Å²) >= 11 is 0. The molecule has 0 saturated heterocycles. The van der Waals surface area contributed by atoms with Crippen molar-refractivity contribution in [1.29, 1.82) is 0 Å². The van der Waals surface area contributed by atoms with Gasteiger partial charge in [0, 0.05) is 6.54 Å². The third kappa shape index (κ3) is 3.40. The monoisotopic (exact) mass is 155 g/mol. The Morgan fingerprint density at radius 3 is 2.36 bits per heavy atom. The SMILES string of the molecule is O=CNCC1CCCCCC1. The van der Waals surface area contributed by atoms with Crippen molar-refractivity contribution in [2.75, 3.05) is 6.54 Å². The molecule has 1 fully saturated rings. The summed E-state index contributed by atoms with van der Waals surface area (Å²) in [7, 11) is 0. The fraction of sp³-hybridized carbons (Fsp3) is 0.889. The first kappa shape index (κ1) is 8.57. The molecular weight excluding hydrogens is 138 g/mol. The van der Waals surface area contributed by atoms with E-state index in [0.717, 1.165) is 18.9 Å². The van der Waals surface area contributed by atoms with Gasteiger partial charge in [-0.3, -0.25) is 4.79 Å². The Balaban J connectivity index is 2.14. The molecule has 0 aromatic heterocycles. The van der Waals surface area contributed by atoms with Crippen LogP contribution in [0.15, 0.2) is 0 Å². The molecule has 1 saturated carbocycles. The molecule has 1 aliphatic rings. The molecule has 2 nitrogen and oxygen atoms in total. The van der Waals surface area contributed by atoms with E-state index in [1.54, 1.807) is 0 Å². The minimum absolute atomic E-state index is 0.752. The molecule has 0 heterocycles. The molecule has 1 N–H and O–H groups in total. The zero-order chi connectivity index (χ0) is 7.94. The third-order valence-electron chi connectivity index (χ3n) is 2.46. The van der Waals surface area contributed by atoms with Crippen LogP contribution in [0.3, 0.4) is 0 Å². The van der Waals surface area contributed by atoms with Crippen LogP contribution in [0.2, 0.25) is 0 Å². The fourth-order valence-corrected chi connectivity index (χ4v) is 1.78. The number of hydrogen-bond donors (Lipinski definition) is 1. The normalized spacial score (nSPS) is 20.7. The summed E-state index contributed by atoms with van der Waals surface area (Å²) in [6.45, 7) is 0.892. The summed E-state index contributed by atoms with van der Waals surface area (Å²) in [5.74, 6) is 0.752. The van der Waals surface area contributed by atoms with Crippen LogP contribution >= 0.6 is 0 Å². The van der Waals surface area contributed by atoms with E-state index in [4.69, 9.17) is 0 Å². The highest BCUT2D eigenvalue weighted by Gasteiger charge is 2.10. The molecular formula is C9H17NO. The Hall–Kier alpha value is -0.530. The van der Waals surface area contributed by atoms with Crippen molar-refractivity contribution in [3.05, 3.63) is 0 Å².